The zero-order valence-electron chi connectivity index (χ0n) is 12.3. The van der Waals surface area contributed by atoms with Crippen molar-refractivity contribution in [2.45, 2.75) is 38.5 Å². The number of fused-ring (bicyclic) bond motifs is 1. The Morgan fingerprint density at radius 1 is 1.29 bits per heavy atom. The summed E-state index contributed by atoms with van der Waals surface area (Å²) < 4.78 is 5.59. The fourth-order valence-electron chi connectivity index (χ4n) is 2.69. The largest absolute Gasteiger partial charge is 0.475 e. The molecule has 0 saturated carbocycles. The highest BCUT2D eigenvalue weighted by molar-refractivity contribution is 5.46. The van der Waals surface area contributed by atoms with Crippen LogP contribution < -0.4 is 15.8 Å². The molecule has 1 aliphatic rings. The molecular formula is C16H20N4O. The number of nitrogens with one attached hydrogen (secondary N) is 1. The van der Waals surface area contributed by atoms with Gasteiger partial charge < -0.3 is 15.8 Å². The maximum Gasteiger partial charge on any atom is 0.218 e. The van der Waals surface area contributed by atoms with Crippen molar-refractivity contribution in [3.8, 4) is 5.88 Å². The van der Waals surface area contributed by atoms with Crippen LogP contribution in [-0.4, -0.2) is 22.1 Å². The molecule has 0 aliphatic heterocycles. The third-order valence-electron chi connectivity index (χ3n) is 3.58. The van der Waals surface area contributed by atoms with Crippen LogP contribution >= 0.6 is 0 Å². The Morgan fingerprint density at radius 2 is 2.10 bits per heavy atom. The van der Waals surface area contributed by atoms with Crippen LogP contribution in [0, 0.1) is 0 Å². The lowest BCUT2D eigenvalue weighted by Gasteiger charge is -2.19. The van der Waals surface area contributed by atoms with E-state index in [2.05, 4.69) is 27.4 Å². The fourth-order valence-corrected chi connectivity index (χ4v) is 2.69. The smallest absolute Gasteiger partial charge is 0.218 e. The molecule has 0 saturated heterocycles. The molecule has 0 amide bonds. The van der Waals surface area contributed by atoms with Crippen LogP contribution in [0.5, 0.6) is 5.88 Å². The van der Waals surface area contributed by atoms with E-state index in [1.165, 1.54) is 17.5 Å². The third-order valence-corrected chi connectivity index (χ3v) is 3.58. The Bertz CT molecular complexity index is 629. The molecule has 0 radical (unpaired) electrons. The highest BCUT2D eigenvalue weighted by Crippen LogP contribution is 2.32. The molecule has 2 unspecified atom stereocenters. The number of benzene rings is 1. The number of rotatable bonds is 4. The maximum absolute atomic E-state index is 6.26. The van der Waals surface area contributed by atoms with Gasteiger partial charge in [-0.05, 0) is 31.4 Å². The molecule has 3 rings (SSSR count). The van der Waals surface area contributed by atoms with Gasteiger partial charge in [0.05, 0.1) is 12.1 Å². The molecule has 3 N–H and O–H groups in total. The highest BCUT2D eigenvalue weighted by atomic mass is 16.5. The molecule has 1 aromatic heterocycles. The van der Waals surface area contributed by atoms with E-state index in [0.717, 1.165) is 12.2 Å². The number of hydrogen-bond acceptors (Lipinski definition) is 5. The molecule has 5 nitrogen and oxygen atoms in total. The minimum atomic E-state index is 0.0480. The van der Waals surface area contributed by atoms with Gasteiger partial charge in [-0.3, -0.25) is 0 Å². The predicted molar refractivity (Wildman–Crippen MR) is 82.3 cm³/mol. The SMILES string of the molecule is CC(C)Oc1cc(NC2c3ccccc3CC2N)ncn1. The quantitative estimate of drug-likeness (QED) is 0.901. The van der Waals surface area contributed by atoms with Crippen LogP contribution in [0.4, 0.5) is 5.82 Å². The second-order valence-electron chi connectivity index (χ2n) is 5.60. The monoisotopic (exact) mass is 284 g/mol. The Kier molecular flexibility index (Phi) is 3.75. The van der Waals surface area contributed by atoms with Crippen LogP contribution in [0.2, 0.25) is 0 Å². The number of nitrogens with two attached hydrogens (primary N) is 1. The number of anilines is 1. The summed E-state index contributed by atoms with van der Waals surface area (Å²) in [7, 11) is 0. The molecule has 1 heterocycles. The zero-order chi connectivity index (χ0) is 14.8. The number of aromatic nitrogens is 2. The van der Waals surface area contributed by atoms with Gasteiger partial charge in [-0.1, -0.05) is 24.3 Å². The predicted octanol–water partition coefficient (Wildman–Crippen LogP) is 2.30. The molecule has 2 aromatic rings. The van der Waals surface area contributed by atoms with Crippen LogP contribution in [0.25, 0.3) is 0 Å². The molecule has 0 bridgehead atoms. The normalized spacial score (nSPS) is 20.4. The van der Waals surface area contributed by atoms with Crippen LogP contribution in [0.15, 0.2) is 36.7 Å². The zero-order valence-corrected chi connectivity index (χ0v) is 12.3. The minimum absolute atomic E-state index is 0.0480. The van der Waals surface area contributed by atoms with Gasteiger partial charge in [0, 0.05) is 12.1 Å². The standard InChI is InChI=1S/C16H20N4O/c1-10(2)21-15-8-14(18-9-19-15)20-16-12-6-4-3-5-11(12)7-13(16)17/h3-6,8-10,13,16H,7,17H2,1-2H3,(H,18,19,20). The van der Waals surface area contributed by atoms with Gasteiger partial charge in [0.1, 0.15) is 12.1 Å². The molecule has 1 aromatic carbocycles. The summed E-state index contributed by atoms with van der Waals surface area (Å²) in [6.45, 7) is 3.94. The summed E-state index contributed by atoms with van der Waals surface area (Å²) in [4.78, 5) is 8.37. The van der Waals surface area contributed by atoms with Crippen molar-refractivity contribution in [3.63, 3.8) is 0 Å². The van der Waals surface area contributed by atoms with E-state index in [1.807, 2.05) is 32.0 Å². The average Bonchev–Trinajstić information content (AvgIpc) is 2.75. The Labute approximate surface area is 124 Å². The van der Waals surface area contributed by atoms with Gasteiger partial charge in [-0.15, -0.1) is 0 Å². The number of nitrogens with zero attached hydrogens (tertiary/aromatic N) is 2. The van der Waals surface area contributed by atoms with E-state index >= 15 is 0 Å². The van der Waals surface area contributed by atoms with Crippen molar-refractivity contribution in [3.05, 3.63) is 47.8 Å². The van der Waals surface area contributed by atoms with Gasteiger partial charge >= 0.3 is 0 Å². The highest BCUT2D eigenvalue weighted by Gasteiger charge is 2.29. The lowest BCUT2D eigenvalue weighted by Crippen LogP contribution is -2.30. The summed E-state index contributed by atoms with van der Waals surface area (Å²) in [5, 5.41) is 3.40. The average molecular weight is 284 g/mol. The first-order chi connectivity index (χ1) is 10.1. The second-order valence-corrected chi connectivity index (χ2v) is 5.60. The van der Waals surface area contributed by atoms with Crippen molar-refractivity contribution in [2.75, 3.05) is 5.32 Å². The Hall–Kier alpha value is -2.14. The van der Waals surface area contributed by atoms with Crippen molar-refractivity contribution >= 4 is 5.82 Å². The molecule has 1 aliphatic carbocycles. The van der Waals surface area contributed by atoms with Gasteiger partial charge in [-0.25, -0.2) is 9.97 Å². The van der Waals surface area contributed by atoms with Gasteiger partial charge in [0.25, 0.3) is 0 Å². The summed E-state index contributed by atoms with van der Waals surface area (Å²) in [5.41, 5.74) is 8.81. The molecule has 21 heavy (non-hydrogen) atoms. The molecule has 2 atom stereocenters. The molecule has 0 fully saturated rings. The summed E-state index contributed by atoms with van der Waals surface area (Å²) in [5.74, 6) is 1.31. The van der Waals surface area contributed by atoms with E-state index < -0.39 is 0 Å². The Balaban J connectivity index is 1.81. The van der Waals surface area contributed by atoms with Gasteiger partial charge in [-0.2, -0.15) is 0 Å². The van der Waals surface area contributed by atoms with Crippen molar-refractivity contribution in [1.29, 1.82) is 0 Å². The van der Waals surface area contributed by atoms with E-state index in [-0.39, 0.29) is 18.2 Å². The Morgan fingerprint density at radius 3 is 2.90 bits per heavy atom. The number of hydrogen-bond donors (Lipinski definition) is 2. The first-order valence-corrected chi connectivity index (χ1v) is 7.22. The van der Waals surface area contributed by atoms with Crippen molar-refractivity contribution in [1.82, 2.24) is 9.97 Å². The first-order valence-electron chi connectivity index (χ1n) is 7.22. The summed E-state index contributed by atoms with van der Waals surface area (Å²) in [6.07, 6.45) is 2.47. The molecule has 5 heteroatoms. The lowest BCUT2D eigenvalue weighted by molar-refractivity contribution is 0.232. The summed E-state index contributed by atoms with van der Waals surface area (Å²) in [6, 6.07) is 10.3. The van der Waals surface area contributed by atoms with Crippen molar-refractivity contribution < 1.29 is 4.74 Å². The summed E-state index contributed by atoms with van der Waals surface area (Å²) >= 11 is 0. The van der Waals surface area contributed by atoms with E-state index in [4.69, 9.17) is 10.5 Å². The number of ether oxygens (including phenoxy) is 1. The topological polar surface area (TPSA) is 73.1 Å². The van der Waals surface area contributed by atoms with Crippen LogP contribution in [0.3, 0.4) is 0 Å². The van der Waals surface area contributed by atoms with E-state index in [1.54, 1.807) is 0 Å². The minimum Gasteiger partial charge on any atom is -0.475 e. The fraction of sp³-hybridized carbons (Fsp3) is 0.375. The lowest BCUT2D eigenvalue weighted by atomic mass is 10.1. The molecule has 110 valence electrons. The van der Waals surface area contributed by atoms with Crippen LogP contribution in [-0.2, 0) is 6.42 Å². The van der Waals surface area contributed by atoms with E-state index in [9.17, 15) is 0 Å². The first kappa shape index (κ1) is 13.8. The van der Waals surface area contributed by atoms with Gasteiger partial charge in [0.2, 0.25) is 5.88 Å². The third kappa shape index (κ3) is 2.97. The molecule has 0 spiro atoms. The second kappa shape index (κ2) is 5.69. The molecular weight excluding hydrogens is 264 g/mol. The van der Waals surface area contributed by atoms with Crippen LogP contribution in [0.1, 0.15) is 31.0 Å². The maximum atomic E-state index is 6.26. The van der Waals surface area contributed by atoms with Gasteiger partial charge in [0.15, 0.2) is 0 Å². The van der Waals surface area contributed by atoms with E-state index in [0.29, 0.717) is 5.88 Å². The van der Waals surface area contributed by atoms with Crippen molar-refractivity contribution in [2.24, 2.45) is 5.73 Å².